The summed E-state index contributed by atoms with van der Waals surface area (Å²) in [5, 5.41) is 0. The van der Waals surface area contributed by atoms with Gasteiger partial charge in [-0.3, -0.25) is 19.4 Å². The van der Waals surface area contributed by atoms with Crippen LogP contribution in [0.2, 0.25) is 0 Å². The molecule has 0 aromatic heterocycles. The molecule has 0 aromatic rings. The summed E-state index contributed by atoms with van der Waals surface area (Å²) >= 11 is 2.80. The van der Waals surface area contributed by atoms with Gasteiger partial charge in [-0.05, 0) is 25.4 Å². The summed E-state index contributed by atoms with van der Waals surface area (Å²) < 4.78 is 0. The topological polar surface area (TPSA) is 57.7 Å². The first-order chi connectivity index (χ1) is 8.99. The van der Waals surface area contributed by atoms with Crippen molar-refractivity contribution in [1.29, 1.82) is 0 Å². The number of rotatable bonds is 6. The van der Waals surface area contributed by atoms with Crippen molar-refractivity contribution in [3.63, 3.8) is 0 Å². The number of nitrogens with zero attached hydrogens (tertiary/aromatic N) is 2. The van der Waals surface area contributed by atoms with Crippen LogP contribution in [0.1, 0.15) is 26.7 Å². The van der Waals surface area contributed by atoms with Gasteiger partial charge in [0.25, 0.3) is 0 Å². The number of amides is 4. The highest BCUT2D eigenvalue weighted by molar-refractivity contribution is 7.98. The van der Waals surface area contributed by atoms with E-state index >= 15 is 0 Å². The number of imide groups is 2. The quantitative estimate of drug-likeness (QED) is 0.704. The molecule has 0 N–H and O–H groups in total. The van der Waals surface area contributed by atoms with Gasteiger partial charge in [-0.1, -0.05) is 13.8 Å². The Kier molecular flexibility index (Phi) is 5.73. The van der Waals surface area contributed by atoms with Crippen molar-refractivity contribution < 1.29 is 14.4 Å². The van der Waals surface area contributed by atoms with Crippen LogP contribution >= 0.6 is 23.5 Å². The third-order valence-corrected chi connectivity index (χ3v) is 4.53. The number of barbiturate groups is 1. The first-order valence-corrected chi connectivity index (χ1v) is 8.94. The zero-order chi connectivity index (χ0) is 14.6. The molecule has 4 amide bonds. The molecule has 0 bridgehead atoms. The fraction of sp³-hybridized carbons (Fsp3) is 0.750. The number of hydrogen-bond donors (Lipinski definition) is 0. The number of carbonyl (C=O) groups is 3. The number of hydrogen-bond acceptors (Lipinski definition) is 5. The lowest BCUT2D eigenvalue weighted by molar-refractivity contribution is -0.158. The van der Waals surface area contributed by atoms with E-state index in [0.717, 1.165) is 0 Å². The van der Waals surface area contributed by atoms with E-state index in [4.69, 9.17) is 0 Å². The average Bonchev–Trinajstić information content (AvgIpc) is 2.41. The Morgan fingerprint density at radius 1 is 0.895 bits per heavy atom. The third-order valence-electron chi connectivity index (χ3n) is 3.49. The zero-order valence-corrected chi connectivity index (χ0v) is 13.4. The Morgan fingerprint density at radius 3 is 1.53 bits per heavy atom. The van der Waals surface area contributed by atoms with Gasteiger partial charge < -0.3 is 0 Å². The molecule has 0 radical (unpaired) electrons. The summed E-state index contributed by atoms with van der Waals surface area (Å²) in [5.74, 6) is -0.117. The van der Waals surface area contributed by atoms with E-state index in [2.05, 4.69) is 0 Å². The van der Waals surface area contributed by atoms with Gasteiger partial charge in [0, 0.05) is 0 Å². The maximum absolute atomic E-state index is 12.5. The molecule has 1 aliphatic heterocycles. The number of thioether (sulfide) groups is 2. The molecule has 1 rings (SSSR count). The van der Waals surface area contributed by atoms with E-state index in [0.29, 0.717) is 12.8 Å². The van der Waals surface area contributed by atoms with E-state index in [-0.39, 0.29) is 23.6 Å². The van der Waals surface area contributed by atoms with Crippen molar-refractivity contribution in [2.75, 3.05) is 24.3 Å². The highest BCUT2D eigenvalue weighted by Gasteiger charge is 2.54. The minimum atomic E-state index is -1.07. The Balaban J connectivity index is 3.23. The summed E-state index contributed by atoms with van der Waals surface area (Å²) in [6, 6.07) is -0.490. The summed E-state index contributed by atoms with van der Waals surface area (Å²) in [6.45, 7) is 3.65. The second-order valence-corrected chi connectivity index (χ2v) is 6.04. The van der Waals surface area contributed by atoms with Gasteiger partial charge in [0.15, 0.2) is 0 Å². The standard InChI is InChI=1S/C12H20N2O3S2/c1-5-12(6-2)9(15)13(7-18-3)11(17)14(8-19-4)10(12)16/h5-8H2,1-4H3. The molecule has 1 saturated heterocycles. The lowest BCUT2D eigenvalue weighted by atomic mass is 9.78. The van der Waals surface area contributed by atoms with Crippen molar-refractivity contribution in [1.82, 2.24) is 9.80 Å². The molecule has 7 heteroatoms. The smallest absolute Gasteiger partial charge is 0.273 e. The highest BCUT2D eigenvalue weighted by Crippen LogP contribution is 2.36. The van der Waals surface area contributed by atoms with Crippen LogP contribution in [0.25, 0.3) is 0 Å². The van der Waals surface area contributed by atoms with Crippen LogP contribution in [0.4, 0.5) is 4.79 Å². The van der Waals surface area contributed by atoms with Crippen LogP contribution in [0.3, 0.4) is 0 Å². The Bertz CT molecular complexity index is 353. The van der Waals surface area contributed by atoms with Crippen LogP contribution in [0.5, 0.6) is 0 Å². The Hall–Kier alpha value is -0.690. The normalized spacial score (nSPS) is 19.3. The molecule has 5 nitrogen and oxygen atoms in total. The zero-order valence-electron chi connectivity index (χ0n) is 11.8. The second kappa shape index (κ2) is 6.65. The maximum Gasteiger partial charge on any atom is 0.334 e. The van der Waals surface area contributed by atoms with Crippen molar-refractivity contribution >= 4 is 41.4 Å². The molecular formula is C12H20N2O3S2. The van der Waals surface area contributed by atoms with Crippen molar-refractivity contribution in [2.24, 2.45) is 5.41 Å². The first kappa shape index (κ1) is 16.4. The minimum absolute atomic E-state index is 0.289. The van der Waals surface area contributed by atoms with Crippen molar-refractivity contribution in [3.05, 3.63) is 0 Å². The molecule has 1 aliphatic rings. The molecule has 0 aliphatic carbocycles. The van der Waals surface area contributed by atoms with Crippen molar-refractivity contribution in [2.45, 2.75) is 26.7 Å². The molecule has 0 unspecified atom stereocenters. The van der Waals surface area contributed by atoms with Crippen LogP contribution in [0.15, 0.2) is 0 Å². The molecule has 1 heterocycles. The fourth-order valence-corrected chi connectivity index (χ4v) is 3.24. The Morgan fingerprint density at radius 2 is 1.26 bits per heavy atom. The summed E-state index contributed by atoms with van der Waals surface area (Å²) in [5.41, 5.74) is -1.07. The average molecular weight is 304 g/mol. The molecular weight excluding hydrogens is 284 g/mol. The molecule has 0 aromatic carbocycles. The second-order valence-electron chi connectivity index (χ2n) is 4.37. The van der Waals surface area contributed by atoms with E-state index < -0.39 is 11.4 Å². The van der Waals surface area contributed by atoms with Gasteiger partial charge in [0.2, 0.25) is 11.8 Å². The van der Waals surface area contributed by atoms with Gasteiger partial charge in [0.05, 0.1) is 11.8 Å². The fourth-order valence-electron chi connectivity index (χ4n) is 2.27. The lowest BCUT2D eigenvalue weighted by Crippen LogP contribution is -2.64. The van der Waals surface area contributed by atoms with Crippen LogP contribution in [0, 0.1) is 5.41 Å². The minimum Gasteiger partial charge on any atom is -0.273 e. The molecule has 1 fully saturated rings. The van der Waals surface area contributed by atoms with Gasteiger partial charge in [-0.25, -0.2) is 4.79 Å². The Labute approximate surface area is 122 Å². The van der Waals surface area contributed by atoms with Crippen LogP contribution < -0.4 is 0 Å². The molecule has 108 valence electrons. The van der Waals surface area contributed by atoms with E-state index in [1.807, 2.05) is 26.4 Å². The molecule has 0 saturated carbocycles. The van der Waals surface area contributed by atoms with Gasteiger partial charge in [-0.2, -0.15) is 0 Å². The van der Waals surface area contributed by atoms with Gasteiger partial charge >= 0.3 is 6.03 Å². The predicted molar refractivity (Wildman–Crippen MR) is 78.9 cm³/mol. The monoisotopic (exact) mass is 304 g/mol. The molecule has 0 spiro atoms. The molecule has 19 heavy (non-hydrogen) atoms. The summed E-state index contributed by atoms with van der Waals surface area (Å²) in [7, 11) is 0. The summed E-state index contributed by atoms with van der Waals surface area (Å²) in [4.78, 5) is 39.7. The maximum atomic E-state index is 12.5. The first-order valence-electron chi connectivity index (χ1n) is 6.15. The highest BCUT2D eigenvalue weighted by atomic mass is 32.2. The molecule has 0 atom stereocenters. The number of urea groups is 1. The van der Waals surface area contributed by atoms with Gasteiger partial charge in [-0.15, -0.1) is 23.5 Å². The summed E-state index contributed by atoms with van der Waals surface area (Å²) in [6.07, 6.45) is 4.50. The van der Waals surface area contributed by atoms with Crippen LogP contribution in [-0.2, 0) is 9.59 Å². The predicted octanol–water partition coefficient (Wildman–Crippen LogP) is 2.22. The van der Waals surface area contributed by atoms with E-state index in [9.17, 15) is 14.4 Å². The van der Waals surface area contributed by atoms with Crippen LogP contribution in [-0.4, -0.2) is 51.9 Å². The number of carbonyl (C=O) groups excluding carboxylic acids is 3. The van der Waals surface area contributed by atoms with Gasteiger partial charge in [0.1, 0.15) is 5.41 Å². The largest absolute Gasteiger partial charge is 0.334 e. The SMILES string of the molecule is CCC1(CC)C(=O)N(CSC)C(=O)N(CSC)C1=O. The van der Waals surface area contributed by atoms with E-state index in [1.54, 1.807) is 0 Å². The third kappa shape index (κ3) is 2.63. The van der Waals surface area contributed by atoms with Crippen molar-refractivity contribution in [3.8, 4) is 0 Å². The lowest BCUT2D eigenvalue weighted by Gasteiger charge is -2.43. The van der Waals surface area contributed by atoms with E-state index in [1.165, 1.54) is 33.3 Å².